The Hall–Kier alpha value is -2.34. The Labute approximate surface area is 122 Å². The van der Waals surface area contributed by atoms with Crippen LogP contribution < -0.4 is 15.5 Å². The Morgan fingerprint density at radius 2 is 2.20 bits per heavy atom. The van der Waals surface area contributed by atoms with E-state index in [4.69, 9.17) is 21.4 Å². The second kappa shape index (κ2) is 7.30. The summed E-state index contributed by atoms with van der Waals surface area (Å²) in [6.45, 7) is 0.517. The molecule has 20 heavy (non-hydrogen) atoms. The van der Waals surface area contributed by atoms with Crippen LogP contribution in [0.15, 0.2) is 52.2 Å². The molecule has 104 valence electrons. The summed E-state index contributed by atoms with van der Waals surface area (Å²) < 4.78 is 10.4. The highest BCUT2D eigenvalue weighted by atomic mass is 32.1. The molecule has 0 aliphatic rings. The molecule has 0 unspecified atom stereocenters. The van der Waals surface area contributed by atoms with E-state index in [2.05, 4.69) is 15.8 Å². The van der Waals surface area contributed by atoms with E-state index in [0.29, 0.717) is 11.7 Å². The summed E-state index contributed by atoms with van der Waals surface area (Å²) in [7, 11) is 1.62. The van der Waals surface area contributed by atoms with Crippen LogP contribution in [-0.4, -0.2) is 18.4 Å². The predicted molar refractivity (Wildman–Crippen MR) is 81.9 cm³/mol. The molecule has 0 amide bonds. The Balaban J connectivity index is 1.82. The molecule has 0 aliphatic carbocycles. The zero-order valence-corrected chi connectivity index (χ0v) is 11.8. The lowest BCUT2D eigenvalue weighted by Gasteiger charge is -2.05. The van der Waals surface area contributed by atoms with E-state index in [1.807, 2.05) is 36.4 Å². The first-order valence-corrected chi connectivity index (χ1v) is 6.42. The van der Waals surface area contributed by atoms with Gasteiger partial charge in [-0.05, 0) is 36.5 Å². The van der Waals surface area contributed by atoms with Gasteiger partial charge in [0.15, 0.2) is 5.11 Å². The van der Waals surface area contributed by atoms with Crippen molar-refractivity contribution in [3.8, 4) is 5.75 Å². The number of hydrogen-bond acceptors (Lipinski definition) is 4. The molecule has 0 aliphatic heterocycles. The van der Waals surface area contributed by atoms with E-state index in [9.17, 15) is 0 Å². The number of thiocarbonyl (C=S) groups is 1. The standard InChI is InChI=1S/C14H15N3O2S/c1-18-13-7-3-2-5-11(13)9-16-17-14(20)15-10-12-6-4-8-19-12/h2-9H,10H2,1H3,(H2,15,17,20)/b16-9-. The number of nitrogens with one attached hydrogen (secondary N) is 2. The SMILES string of the molecule is COc1ccccc1/C=N\NC(=S)NCc1ccco1. The number of benzene rings is 1. The normalized spacial score (nSPS) is 10.4. The molecule has 0 bridgehead atoms. The Bertz CT molecular complexity index is 582. The highest BCUT2D eigenvalue weighted by Crippen LogP contribution is 2.14. The van der Waals surface area contributed by atoms with Crippen molar-refractivity contribution in [2.45, 2.75) is 6.54 Å². The molecule has 0 fully saturated rings. The van der Waals surface area contributed by atoms with Crippen molar-refractivity contribution in [2.75, 3.05) is 7.11 Å². The van der Waals surface area contributed by atoms with Gasteiger partial charge < -0.3 is 14.5 Å². The molecule has 0 saturated heterocycles. The first-order chi connectivity index (χ1) is 9.79. The number of methoxy groups -OCH3 is 1. The fourth-order valence-corrected chi connectivity index (χ4v) is 1.68. The number of nitrogens with zero attached hydrogens (tertiary/aromatic N) is 1. The van der Waals surface area contributed by atoms with Gasteiger partial charge in [-0.1, -0.05) is 12.1 Å². The summed E-state index contributed by atoms with van der Waals surface area (Å²) >= 11 is 5.09. The number of para-hydroxylation sites is 1. The summed E-state index contributed by atoms with van der Waals surface area (Å²) in [4.78, 5) is 0. The fourth-order valence-electron chi connectivity index (χ4n) is 1.55. The Morgan fingerprint density at radius 1 is 1.35 bits per heavy atom. The van der Waals surface area contributed by atoms with Crippen LogP contribution in [0.4, 0.5) is 0 Å². The molecule has 1 aromatic carbocycles. The molecular formula is C14H15N3O2S. The van der Waals surface area contributed by atoms with E-state index in [1.165, 1.54) is 0 Å². The van der Waals surface area contributed by atoms with Gasteiger partial charge in [-0.3, -0.25) is 5.43 Å². The maximum Gasteiger partial charge on any atom is 0.187 e. The molecule has 2 N–H and O–H groups in total. The summed E-state index contributed by atoms with van der Waals surface area (Å²) in [6.07, 6.45) is 3.27. The molecule has 2 aromatic rings. The van der Waals surface area contributed by atoms with Crippen LogP contribution in [0.1, 0.15) is 11.3 Å². The van der Waals surface area contributed by atoms with Crippen molar-refractivity contribution in [1.29, 1.82) is 0 Å². The molecule has 0 saturated carbocycles. The third-order valence-electron chi connectivity index (χ3n) is 2.51. The summed E-state index contributed by atoms with van der Waals surface area (Å²) in [5.41, 5.74) is 3.61. The monoisotopic (exact) mass is 289 g/mol. The zero-order valence-electron chi connectivity index (χ0n) is 11.0. The van der Waals surface area contributed by atoms with E-state index < -0.39 is 0 Å². The van der Waals surface area contributed by atoms with Gasteiger partial charge in [-0.2, -0.15) is 5.10 Å². The lowest BCUT2D eigenvalue weighted by molar-refractivity contribution is 0.414. The van der Waals surface area contributed by atoms with Gasteiger partial charge in [-0.25, -0.2) is 0 Å². The topological polar surface area (TPSA) is 58.8 Å². The van der Waals surface area contributed by atoms with Gasteiger partial charge in [0.25, 0.3) is 0 Å². The number of rotatable bonds is 5. The third kappa shape index (κ3) is 4.10. The number of furan rings is 1. The van der Waals surface area contributed by atoms with E-state index in [1.54, 1.807) is 19.6 Å². The Morgan fingerprint density at radius 3 is 2.95 bits per heavy atom. The van der Waals surface area contributed by atoms with Gasteiger partial charge in [0.1, 0.15) is 11.5 Å². The molecule has 6 heteroatoms. The van der Waals surface area contributed by atoms with Crippen molar-refractivity contribution in [3.05, 3.63) is 54.0 Å². The van der Waals surface area contributed by atoms with Crippen LogP contribution in [0.2, 0.25) is 0 Å². The summed E-state index contributed by atoms with van der Waals surface area (Å²) in [5, 5.41) is 7.47. The lowest BCUT2D eigenvalue weighted by Crippen LogP contribution is -2.31. The highest BCUT2D eigenvalue weighted by Gasteiger charge is 1.99. The Kier molecular flexibility index (Phi) is 5.14. The number of hydrogen-bond donors (Lipinski definition) is 2. The van der Waals surface area contributed by atoms with E-state index in [0.717, 1.165) is 17.1 Å². The number of ether oxygens (including phenoxy) is 1. The van der Waals surface area contributed by atoms with Crippen LogP contribution >= 0.6 is 12.2 Å². The largest absolute Gasteiger partial charge is 0.496 e. The number of hydrazone groups is 1. The van der Waals surface area contributed by atoms with Gasteiger partial charge in [0, 0.05) is 5.56 Å². The van der Waals surface area contributed by atoms with Gasteiger partial charge in [0.2, 0.25) is 0 Å². The lowest BCUT2D eigenvalue weighted by atomic mass is 10.2. The summed E-state index contributed by atoms with van der Waals surface area (Å²) in [6, 6.07) is 11.3. The average molecular weight is 289 g/mol. The second-order valence-corrected chi connectivity index (χ2v) is 4.28. The predicted octanol–water partition coefficient (Wildman–Crippen LogP) is 2.29. The molecule has 0 spiro atoms. The van der Waals surface area contributed by atoms with Crippen LogP contribution in [0.3, 0.4) is 0 Å². The zero-order chi connectivity index (χ0) is 14.2. The van der Waals surface area contributed by atoms with Crippen molar-refractivity contribution in [3.63, 3.8) is 0 Å². The maximum atomic E-state index is 5.22. The minimum absolute atomic E-state index is 0.424. The first-order valence-electron chi connectivity index (χ1n) is 6.02. The van der Waals surface area contributed by atoms with Crippen molar-refractivity contribution >= 4 is 23.5 Å². The van der Waals surface area contributed by atoms with Gasteiger partial charge in [0.05, 0.1) is 26.1 Å². The average Bonchev–Trinajstić information content (AvgIpc) is 2.99. The van der Waals surface area contributed by atoms with Crippen molar-refractivity contribution in [2.24, 2.45) is 5.10 Å². The van der Waals surface area contributed by atoms with Gasteiger partial charge in [-0.15, -0.1) is 0 Å². The van der Waals surface area contributed by atoms with Crippen LogP contribution in [-0.2, 0) is 6.54 Å². The molecule has 0 atom stereocenters. The minimum Gasteiger partial charge on any atom is -0.496 e. The third-order valence-corrected chi connectivity index (χ3v) is 2.75. The van der Waals surface area contributed by atoms with Crippen LogP contribution in [0, 0.1) is 0 Å². The van der Waals surface area contributed by atoms with Crippen LogP contribution in [0.25, 0.3) is 0 Å². The molecule has 5 nitrogen and oxygen atoms in total. The van der Waals surface area contributed by atoms with Crippen molar-refractivity contribution in [1.82, 2.24) is 10.7 Å². The quantitative estimate of drug-likeness (QED) is 0.502. The minimum atomic E-state index is 0.424. The van der Waals surface area contributed by atoms with Gasteiger partial charge >= 0.3 is 0 Å². The highest BCUT2D eigenvalue weighted by molar-refractivity contribution is 7.80. The molecule has 1 aromatic heterocycles. The van der Waals surface area contributed by atoms with E-state index >= 15 is 0 Å². The van der Waals surface area contributed by atoms with Crippen molar-refractivity contribution < 1.29 is 9.15 Å². The smallest absolute Gasteiger partial charge is 0.187 e. The summed E-state index contributed by atoms with van der Waals surface area (Å²) in [5.74, 6) is 1.57. The molecular weight excluding hydrogens is 274 g/mol. The maximum absolute atomic E-state index is 5.22. The molecule has 1 heterocycles. The first kappa shape index (κ1) is 14.1. The molecule has 2 rings (SSSR count). The molecule has 0 radical (unpaired) electrons. The van der Waals surface area contributed by atoms with E-state index in [-0.39, 0.29) is 0 Å². The fraction of sp³-hybridized carbons (Fsp3) is 0.143. The second-order valence-electron chi connectivity index (χ2n) is 3.87. The van der Waals surface area contributed by atoms with Crippen LogP contribution in [0.5, 0.6) is 5.75 Å².